The van der Waals surface area contributed by atoms with Gasteiger partial charge in [-0.05, 0) is 28.1 Å². The Morgan fingerprint density at radius 1 is 1.50 bits per heavy atom. The van der Waals surface area contributed by atoms with Gasteiger partial charge in [0, 0.05) is 0 Å². The topological polar surface area (TPSA) is 43.1 Å². The largest absolute Gasteiger partial charge is 0.461 e. The Bertz CT molecular complexity index is 436. The van der Waals surface area contributed by atoms with Crippen LogP contribution in [-0.4, -0.2) is 11.3 Å². The minimum atomic E-state index is 0.407. The first-order valence-electron chi connectivity index (χ1n) is 3.30. The molecule has 2 heterocycles. The maximum atomic E-state index is 10.4. The van der Waals surface area contributed by atoms with E-state index < -0.39 is 0 Å². The Morgan fingerprint density at radius 2 is 2.33 bits per heavy atom. The number of fused-ring (bicyclic) bond motifs is 1. The molecule has 0 radical (unpaired) electrons. The van der Waals surface area contributed by atoms with Crippen molar-refractivity contribution in [2.75, 3.05) is 0 Å². The summed E-state index contributed by atoms with van der Waals surface area (Å²) in [5, 5.41) is 0. The lowest BCUT2D eigenvalue weighted by atomic mass is 10.3. The molecular weight excluding hydrogens is 222 g/mol. The third kappa shape index (κ3) is 1.04. The molecule has 0 N–H and O–H groups in total. The highest BCUT2D eigenvalue weighted by atomic mass is 79.9. The third-order valence-corrected chi connectivity index (χ3v) is 2.08. The maximum Gasteiger partial charge on any atom is 0.168 e. The molecule has 2 aromatic heterocycles. The zero-order chi connectivity index (χ0) is 8.55. The van der Waals surface area contributed by atoms with E-state index in [1.165, 1.54) is 0 Å². The highest BCUT2D eigenvalue weighted by molar-refractivity contribution is 9.10. The number of hydrogen-bond acceptors (Lipinski definition) is 3. The summed E-state index contributed by atoms with van der Waals surface area (Å²) >= 11 is 3.26. The van der Waals surface area contributed by atoms with Crippen LogP contribution in [0.2, 0.25) is 0 Å². The molecule has 0 amide bonds. The molecule has 0 aliphatic rings. The summed E-state index contributed by atoms with van der Waals surface area (Å²) in [5.74, 6) is 0. The summed E-state index contributed by atoms with van der Waals surface area (Å²) in [7, 11) is 0. The van der Waals surface area contributed by atoms with E-state index in [9.17, 15) is 4.79 Å². The van der Waals surface area contributed by atoms with Crippen molar-refractivity contribution in [2.24, 2.45) is 0 Å². The van der Waals surface area contributed by atoms with Crippen molar-refractivity contribution in [3.63, 3.8) is 0 Å². The van der Waals surface area contributed by atoms with Crippen molar-refractivity contribution in [3.8, 4) is 0 Å². The number of hydrogen-bond donors (Lipinski definition) is 0. The maximum absolute atomic E-state index is 10.4. The van der Waals surface area contributed by atoms with E-state index >= 15 is 0 Å². The first-order valence-corrected chi connectivity index (χ1v) is 4.09. The highest BCUT2D eigenvalue weighted by Gasteiger charge is 2.04. The van der Waals surface area contributed by atoms with E-state index in [1.807, 2.05) is 0 Å². The van der Waals surface area contributed by atoms with Gasteiger partial charge in [-0.3, -0.25) is 4.79 Å². The summed E-state index contributed by atoms with van der Waals surface area (Å²) in [6.45, 7) is 0. The van der Waals surface area contributed by atoms with E-state index in [0.29, 0.717) is 23.1 Å². The molecule has 2 rings (SSSR count). The Morgan fingerprint density at radius 3 is 3.08 bits per heavy atom. The number of furan rings is 1. The SMILES string of the molecule is O=Cc1ccc2occ(Br)c2n1. The molecule has 4 heteroatoms. The minimum Gasteiger partial charge on any atom is -0.461 e. The third-order valence-electron chi connectivity index (χ3n) is 1.52. The molecule has 0 saturated heterocycles. The molecule has 0 bridgehead atoms. The predicted octanol–water partition coefficient (Wildman–Crippen LogP) is 2.40. The number of carbonyl (C=O) groups excluding carboxylic acids is 1. The number of aromatic nitrogens is 1. The summed E-state index contributed by atoms with van der Waals surface area (Å²) < 4.78 is 5.89. The summed E-state index contributed by atoms with van der Waals surface area (Å²) in [5.41, 5.74) is 1.76. The van der Waals surface area contributed by atoms with Crippen LogP contribution in [0.15, 0.2) is 27.3 Å². The molecule has 0 aliphatic heterocycles. The molecule has 2 aromatic rings. The fourth-order valence-corrected chi connectivity index (χ4v) is 1.34. The Balaban J connectivity index is 2.79. The lowest BCUT2D eigenvalue weighted by Gasteiger charge is -1.89. The van der Waals surface area contributed by atoms with E-state index in [1.54, 1.807) is 18.4 Å². The zero-order valence-corrected chi connectivity index (χ0v) is 7.54. The summed E-state index contributed by atoms with van der Waals surface area (Å²) in [6.07, 6.45) is 2.26. The average Bonchev–Trinajstić information content (AvgIpc) is 2.47. The number of rotatable bonds is 1. The van der Waals surface area contributed by atoms with E-state index in [2.05, 4.69) is 20.9 Å². The lowest BCUT2D eigenvalue weighted by Crippen LogP contribution is -1.84. The van der Waals surface area contributed by atoms with Crippen LogP contribution in [-0.2, 0) is 0 Å². The fourth-order valence-electron chi connectivity index (χ4n) is 0.964. The Hall–Kier alpha value is -1.16. The van der Waals surface area contributed by atoms with Crippen LogP contribution in [0.25, 0.3) is 11.1 Å². The zero-order valence-electron chi connectivity index (χ0n) is 5.95. The van der Waals surface area contributed by atoms with Gasteiger partial charge in [-0.25, -0.2) is 4.98 Å². The number of nitrogens with zero attached hydrogens (tertiary/aromatic N) is 1. The molecule has 0 aliphatic carbocycles. The second-order valence-electron chi connectivity index (χ2n) is 2.28. The number of carbonyl (C=O) groups is 1. The Labute approximate surface area is 76.5 Å². The van der Waals surface area contributed by atoms with Crippen LogP contribution in [0, 0.1) is 0 Å². The first kappa shape index (κ1) is 7.49. The van der Waals surface area contributed by atoms with E-state index in [0.717, 1.165) is 4.47 Å². The molecule has 0 fully saturated rings. The smallest absolute Gasteiger partial charge is 0.168 e. The quantitative estimate of drug-likeness (QED) is 0.701. The van der Waals surface area contributed by atoms with Gasteiger partial charge in [0.05, 0.1) is 4.47 Å². The van der Waals surface area contributed by atoms with Gasteiger partial charge in [0.15, 0.2) is 11.9 Å². The second kappa shape index (κ2) is 2.71. The van der Waals surface area contributed by atoms with Gasteiger partial charge in [-0.2, -0.15) is 0 Å². The first-order chi connectivity index (χ1) is 5.81. The van der Waals surface area contributed by atoms with Crippen LogP contribution in [0.3, 0.4) is 0 Å². The molecular formula is C8H4BrNO2. The standard InChI is InChI=1S/C8H4BrNO2/c9-6-4-12-7-2-1-5(3-11)10-8(6)7/h1-4H. The van der Waals surface area contributed by atoms with Crippen molar-refractivity contribution in [1.82, 2.24) is 4.98 Å². The molecule has 0 spiro atoms. The van der Waals surface area contributed by atoms with Crippen LogP contribution in [0.1, 0.15) is 10.5 Å². The lowest BCUT2D eigenvalue weighted by molar-refractivity contribution is 0.111. The van der Waals surface area contributed by atoms with Gasteiger partial charge in [0.1, 0.15) is 17.5 Å². The van der Waals surface area contributed by atoms with Gasteiger partial charge in [-0.15, -0.1) is 0 Å². The van der Waals surface area contributed by atoms with Crippen LogP contribution in [0.4, 0.5) is 0 Å². The molecule has 60 valence electrons. The van der Waals surface area contributed by atoms with Crippen molar-refractivity contribution in [2.45, 2.75) is 0 Å². The van der Waals surface area contributed by atoms with Crippen molar-refractivity contribution in [3.05, 3.63) is 28.6 Å². The van der Waals surface area contributed by atoms with Gasteiger partial charge >= 0.3 is 0 Å². The molecule has 0 aromatic carbocycles. The molecule has 0 atom stereocenters. The van der Waals surface area contributed by atoms with Gasteiger partial charge in [-0.1, -0.05) is 0 Å². The average molecular weight is 226 g/mol. The van der Waals surface area contributed by atoms with Crippen molar-refractivity contribution in [1.29, 1.82) is 0 Å². The van der Waals surface area contributed by atoms with Crippen LogP contribution >= 0.6 is 15.9 Å². The minimum absolute atomic E-state index is 0.407. The predicted molar refractivity (Wildman–Crippen MR) is 47.1 cm³/mol. The van der Waals surface area contributed by atoms with E-state index in [4.69, 9.17) is 4.42 Å². The second-order valence-corrected chi connectivity index (χ2v) is 3.14. The molecule has 12 heavy (non-hydrogen) atoms. The monoisotopic (exact) mass is 225 g/mol. The number of halogens is 1. The van der Waals surface area contributed by atoms with Crippen LogP contribution in [0.5, 0.6) is 0 Å². The fraction of sp³-hybridized carbons (Fsp3) is 0. The van der Waals surface area contributed by atoms with E-state index in [-0.39, 0.29) is 0 Å². The van der Waals surface area contributed by atoms with Crippen LogP contribution < -0.4 is 0 Å². The normalized spacial score (nSPS) is 10.4. The molecule has 0 saturated carbocycles. The molecule has 0 unspecified atom stereocenters. The van der Waals surface area contributed by atoms with Gasteiger partial charge in [0.2, 0.25) is 0 Å². The van der Waals surface area contributed by atoms with Gasteiger partial charge < -0.3 is 4.42 Å². The van der Waals surface area contributed by atoms with Gasteiger partial charge in [0.25, 0.3) is 0 Å². The number of pyridine rings is 1. The summed E-state index contributed by atoms with van der Waals surface area (Å²) in [6, 6.07) is 3.34. The number of aldehydes is 1. The molecule has 3 nitrogen and oxygen atoms in total. The highest BCUT2D eigenvalue weighted by Crippen LogP contribution is 2.23. The van der Waals surface area contributed by atoms with Crippen molar-refractivity contribution < 1.29 is 9.21 Å². The van der Waals surface area contributed by atoms with Crippen molar-refractivity contribution >= 4 is 33.3 Å². The Kier molecular flexibility index (Phi) is 1.69. The summed E-state index contributed by atoms with van der Waals surface area (Å²) in [4.78, 5) is 14.4.